The number of nitrogens with one attached hydrogen (secondary N) is 1. The van der Waals surface area contributed by atoms with E-state index in [0.717, 1.165) is 12.1 Å². The van der Waals surface area contributed by atoms with Crippen molar-refractivity contribution in [3.05, 3.63) is 64.3 Å². The molecule has 4 nitrogen and oxygen atoms in total. The summed E-state index contributed by atoms with van der Waals surface area (Å²) in [6.07, 6.45) is -4.47. The van der Waals surface area contributed by atoms with Crippen LogP contribution in [0.4, 0.5) is 24.7 Å². The van der Waals surface area contributed by atoms with Crippen molar-refractivity contribution >= 4 is 34.7 Å². The molecular weight excluding hydrogens is 402 g/mol. The largest absolute Gasteiger partial charge is 0.495 e. The number of ether oxygens (including phenoxy) is 1. The van der Waals surface area contributed by atoms with Gasteiger partial charge in [0.25, 0.3) is 0 Å². The molecule has 0 aliphatic carbocycles. The van der Waals surface area contributed by atoms with E-state index in [1.807, 2.05) is 0 Å². The van der Waals surface area contributed by atoms with E-state index in [9.17, 15) is 13.2 Å². The molecule has 0 aliphatic rings. The molecule has 0 atom stereocenters. The fraction of sp³-hybridized carbons (Fsp3) is 0.111. The summed E-state index contributed by atoms with van der Waals surface area (Å²) in [5.74, 6) is 0.842. The summed E-state index contributed by atoms with van der Waals surface area (Å²) in [6, 6.07) is 11.1. The topological polar surface area (TPSA) is 47.0 Å². The fourth-order valence-corrected chi connectivity index (χ4v) is 2.72. The molecule has 0 saturated carbocycles. The Morgan fingerprint density at radius 2 is 1.78 bits per heavy atom. The molecule has 0 spiro atoms. The summed E-state index contributed by atoms with van der Waals surface area (Å²) in [7, 11) is 1.50. The van der Waals surface area contributed by atoms with Crippen LogP contribution in [0.1, 0.15) is 5.56 Å². The molecule has 0 bridgehead atoms. The van der Waals surface area contributed by atoms with E-state index in [4.69, 9.17) is 27.9 Å². The van der Waals surface area contributed by atoms with Crippen molar-refractivity contribution in [3.8, 4) is 17.1 Å². The lowest BCUT2D eigenvalue weighted by Crippen LogP contribution is -2.05. The Labute approximate surface area is 162 Å². The van der Waals surface area contributed by atoms with Gasteiger partial charge in [-0.15, -0.1) is 0 Å². The number of rotatable bonds is 4. The van der Waals surface area contributed by atoms with Gasteiger partial charge >= 0.3 is 6.18 Å². The van der Waals surface area contributed by atoms with Crippen LogP contribution in [0.3, 0.4) is 0 Å². The van der Waals surface area contributed by atoms with Crippen LogP contribution in [0.25, 0.3) is 11.4 Å². The van der Waals surface area contributed by atoms with E-state index in [1.54, 1.807) is 18.2 Å². The second-order valence-electron chi connectivity index (χ2n) is 5.45. The number of nitrogens with zero attached hydrogens (tertiary/aromatic N) is 2. The van der Waals surface area contributed by atoms with Crippen LogP contribution in [-0.4, -0.2) is 17.1 Å². The molecule has 140 valence electrons. The molecule has 2 aromatic carbocycles. The van der Waals surface area contributed by atoms with Gasteiger partial charge in [0.1, 0.15) is 16.7 Å². The van der Waals surface area contributed by atoms with Crippen LogP contribution >= 0.6 is 23.2 Å². The predicted octanol–water partition coefficient (Wildman–Crippen LogP) is 6.22. The normalized spacial score (nSPS) is 11.3. The zero-order valence-corrected chi connectivity index (χ0v) is 15.3. The van der Waals surface area contributed by atoms with Gasteiger partial charge in [-0.1, -0.05) is 35.3 Å². The number of aromatic nitrogens is 2. The number of alkyl halides is 3. The lowest BCUT2D eigenvalue weighted by Gasteiger charge is -2.12. The highest BCUT2D eigenvalue weighted by Crippen LogP contribution is 2.33. The van der Waals surface area contributed by atoms with Gasteiger partial charge < -0.3 is 10.1 Å². The van der Waals surface area contributed by atoms with E-state index in [-0.39, 0.29) is 22.4 Å². The van der Waals surface area contributed by atoms with Gasteiger partial charge in [0.15, 0.2) is 5.82 Å². The van der Waals surface area contributed by atoms with Crippen molar-refractivity contribution in [1.29, 1.82) is 0 Å². The van der Waals surface area contributed by atoms with Gasteiger partial charge in [-0.3, -0.25) is 0 Å². The van der Waals surface area contributed by atoms with Gasteiger partial charge in [0.2, 0.25) is 0 Å². The molecule has 3 rings (SSSR count). The van der Waals surface area contributed by atoms with E-state index in [0.29, 0.717) is 16.5 Å². The SMILES string of the molecule is COc1ccc(Cl)cc1Nc1cc(Cl)nc(-c2cccc(C(F)(F)F)c2)n1. The quantitative estimate of drug-likeness (QED) is 0.515. The van der Waals surface area contributed by atoms with Gasteiger partial charge in [0.05, 0.1) is 18.4 Å². The van der Waals surface area contributed by atoms with E-state index in [2.05, 4.69) is 15.3 Å². The molecule has 0 aliphatic heterocycles. The van der Waals surface area contributed by atoms with Crippen molar-refractivity contribution in [2.75, 3.05) is 12.4 Å². The first-order valence-corrected chi connectivity index (χ1v) is 8.34. The summed E-state index contributed by atoms with van der Waals surface area (Å²) in [6.45, 7) is 0. The minimum absolute atomic E-state index is 0.0529. The first kappa shape index (κ1) is 19.3. The molecule has 27 heavy (non-hydrogen) atoms. The predicted molar refractivity (Wildman–Crippen MR) is 98.8 cm³/mol. The summed E-state index contributed by atoms with van der Waals surface area (Å²) >= 11 is 12.0. The standard InChI is InChI=1S/C18H12Cl2F3N3O/c1-27-14-6-5-12(19)8-13(14)24-16-9-15(20)25-17(26-16)10-3-2-4-11(7-10)18(21,22)23/h2-9H,1H3,(H,24,25,26). The number of methoxy groups -OCH3 is 1. The highest BCUT2D eigenvalue weighted by atomic mass is 35.5. The lowest BCUT2D eigenvalue weighted by molar-refractivity contribution is -0.137. The summed E-state index contributed by atoms with van der Waals surface area (Å²) in [5.41, 5.74) is -0.0854. The Hall–Kier alpha value is -2.51. The van der Waals surface area contributed by atoms with Crippen LogP contribution in [0.5, 0.6) is 5.75 Å². The Bertz CT molecular complexity index is 980. The minimum Gasteiger partial charge on any atom is -0.495 e. The van der Waals surface area contributed by atoms with Crippen molar-refractivity contribution < 1.29 is 17.9 Å². The van der Waals surface area contributed by atoms with Crippen LogP contribution in [0.2, 0.25) is 10.2 Å². The third-order valence-electron chi connectivity index (χ3n) is 3.57. The summed E-state index contributed by atoms with van der Waals surface area (Å²) in [5, 5.41) is 3.53. The molecule has 3 aromatic rings. The number of halogens is 5. The van der Waals surface area contributed by atoms with Gasteiger partial charge in [-0.05, 0) is 30.3 Å². The molecule has 1 heterocycles. The van der Waals surface area contributed by atoms with Gasteiger partial charge in [-0.2, -0.15) is 13.2 Å². The molecule has 0 amide bonds. The smallest absolute Gasteiger partial charge is 0.416 e. The Morgan fingerprint density at radius 3 is 2.48 bits per heavy atom. The van der Waals surface area contributed by atoms with Gasteiger partial charge in [0, 0.05) is 16.7 Å². The molecule has 9 heteroatoms. The highest BCUT2D eigenvalue weighted by Gasteiger charge is 2.30. The molecule has 0 fully saturated rings. The summed E-state index contributed by atoms with van der Waals surface area (Å²) in [4.78, 5) is 8.27. The Morgan fingerprint density at radius 1 is 1.00 bits per heavy atom. The zero-order valence-electron chi connectivity index (χ0n) is 13.8. The second-order valence-corrected chi connectivity index (χ2v) is 6.27. The van der Waals surface area contributed by atoms with E-state index < -0.39 is 11.7 Å². The maximum Gasteiger partial charge on any atom is 0.416 e. The van der Waals surface area contributed by atoms with E-state index >= 15 is 0 Å². The van der Waals surface area contributed by atoms with Crippen molar-refractivity contribution in [2.45, 2.75) is 6.18 Å². The first-order chi connectivity index (χ1) is 12.8. The Kier molecular flexibility index (Phi) is 5.43. The number of anilines is 2. The second kappa shape index (κ2) is 7.62. The van der Waals surface area contributed by atoms with Gasteiger partial charge in [-0.25, -0.2) is 9.97 Å². The average molecular weight is 414 g/mol. The maximum absolute atomic E-state index is 12.9. The number of hydrogen-bond donors (Lipinski definition) is 1. The van der Waals surface area contributed by atoms with Crippen molar-refractivity contribution in [2.24, 2.45) is 0 Å². The van der Waals surface area contributed by atoms with Crippen LogP contribution in [0, 0.1) is 0 Å². The van der Waals surface area contributed by atoms with E-state index in [1.165, 1.54) is 25.3 Å². The lowest BCUT2D eigenvalue weighted by atomic mass is 10.1. The maximum atomic E-state index is 12.9. The molecule has 0 saturated heterocycles. The van der Waals surface area contributed by atoms with Crippen molar-refractivity contribution in [3.63, 3.8) is 0 Å². The molecular formula is C18H12Cl2F3N3O. The first-order valence-electron chi connectivity index (χ1n) is 7.59. The average Bonchev–Trinajstić information content (AvgIpc) is 2.61. The minimum atomic E-state index is -4.47. The third-order valence-corrected chi connectivity index (χ3v) is 4.00. The molecule has 1 aromatic heterocycles. The molecule has 0 radical (unpaired) electrons. The fourth-order valence-electron chi connectivity index (χ4n) is 2.36. The number of hydrogen-bond acceptors (Lipinski definition) is 4. The van der Waals surface area contributed by atoms with Crippen LogP contribution in [-0.2, 0) is 6.18 Å². The van der Waals surface area contributed by atoms with Crippen LogP contribution in [0.15, 0.2) is 48.5 Å². The monoisotopic (exact) mass is 413 g/mol. The number of benzene rings is 2. The molecule has 1 N–H and O–H groups in total. The zero-order chi connectivity index (χ0) is 19.6. The third kappa shape index (κ3) is 4.61. The van der Waals surface area contributed by atoms with Crippen LogP contribution < -0.4 is 10.1 Å². The molecule has 0 unspecified atom stereocenters. The van der Waals surface area contributed by atoms with Crippen molar-refractivity contribution in [1.82, 2.24) is 9.97 Å². The highest BCUT2D eigenvalue weighted by molar-refractivity contribution is 6.31. The Balaban J connectivity index is 2.00. The summed E-state index contributed by atoms with van der Waals surface area (Å²) < 4.78 is 44.1.